The summed E-state index contributed by atoms with van der Waals surface area (Å²) in [5.74, 6) is 2.12. The first-order valence-corrected chi connectivity index (χ1v) is 8.68. The van der Waals surface area contributed by atoms with Crippen LogP contribution < -0.4 is 5.32 Å². The lowest BCUT2D eigenvalue weighted by Crippen LogP contribution is -1.99. The molecule has 4 aromatic heterocycles. The molecule has 0 amide bonds. The van der Waals surface area contributed by atoms with Crippen LogP contribution in [0.2, 0.25) is 0 Å². The molecule has 5 rings (SSSR count). The molecule has 27 heavy (non-hydrogen) atoms. The second kappa shape index (κ2) is 5.66. The molecule has 1 aromatic carbocycles. The molecule has 5 aromatic rings. The monoisotopic (exact) mass is 358 g/mol. The van der Waals surface area contributed by atoms with E-state index in [0.29, 0.717) is 17.3 Å². The minimum Gasteiger partial charge on any atom is -0.346 e. The van der Waals surface area contributed by atoms with Gasteiger partial charge in [-0.2, -0.15) is 5.10 Å². The Balaban J connectivity index is 1.59. The van der Waals surface area contributed by atoms with Crippen molar-refractivity contribution in [2.75, 3.05) is 5.32 Å². The van der Waals surface area contributed by atoms with Gasteiger partial charge in [-0.15, -0.1) is 0 Å². The maximum absolute atomic E-state index is 4.71. The third-order valence-electron chi connectivity index (χ3n) is 4.74. The third kappa shape index (κ3) is 2.53. The van der Waals surface area contributed by atoms with Crippen molar-refractivity contribution in [1.29, 1.82) is 0 Å². The van der Waals surface area contributed by atoms with E-state index in [1.807, 2.05) is 19.2 Å². The Hall–Kier alpha value is -3.68. The lowest BCUT2D eigenvalue weighted by atomic mass is 10.1. The topological polar surface area (TPSA) is 111 Å². The fourth-order valence-electron chi connectivity index (χ4n) is 3.22. The van der Waals surface area contributed by atoms with Crippen LogP contribution in [-0.4, -0.2) is 35.1 Å². The maximum atomic E-state index is 4.71. The van der Waals surface area contributed by atoms with Crippen molar-refractivity contribution in [3.8, 4) is 11.5 Å². The van der Waals surface area contributed by atoms with Gasteiger partial charge in [0.15, 0.2) is 11.5 Å². The summed E-state index contributed by atoms with van der Waals surface area (Å²) in [6.07, 6.45) is 3.65. The van der Waals surface area contributed by atoms with E-state index in [9.17, 15) is 0 Å². The van der Waals surface area contributed by atoms with Gasteiger partial charge in [0.2, 0.25) is 0 Å². The van der Waals surface area contributed by atoms with Crippen molar-refractivity contribution in [2.24, 2.45) is 0 Å². The number of benzene rings is 1. The lowest BCUT2D eigenvalue weighted by molar-refractivity contribution is 1.08. The fourth-order valence-corrected chi connectivity index (χ4v) is 3.22. The fraction of sp³-hybridized carbons (Fsp3) is 0.158. The van der Waals surface area contributed by atoms with E-state index in [1.54, 1.807) is 6.20 Å². The highest BCUT2D eigenvalue weighted by atomic mass is 15.2. The molecule has 0 spiro atoms. The average molecular weight is 358 g/mol. The molecule has 0 fully saturated rings. The Morgan fingerprint density at radius 2 is 1.85 bits per heavy atom. The molecule has 0 aliphatic heterocycles. The number of nitrogens with zero attached hydrogens (tertiary/aromatic N) is 4. The molecule has 8 nitrogen and oxygen atoms in total. The predicted octanol–water partition coefficient (Wildman–Crippen LogP) is 3.89. The largest absolute Gasteiger partial charge is 0.346 e. The second-order valence-corrected chi connectivity index (χ2v) is 6.67. The number of imidazole rings is 1. The molecule has 4 N–H and O–H groups in total. The molecule has 4 heterocycles. The standard InChI is InChI=1S/C19H18N8/c1-9-6-13-14(7-10(9)2)25-19(24-13)16-15(8-21-27-16)26-18-12-4-5-20-17(12)22-11(3)23-18/h4-8H,1-3H3,(H,21,27)(H,24,25)(H2,20,22,23,26). The lowest BCUT2D eigenvalue weighted by Gasteiger charge is -2.06. The van der Waals surface area contributed by atoms with E-state index in [4.69, 9.17) is 4.98 Å². The van der Waals surface area contributed by atoms with Crippen molar-refractivity contribution in [3.63, 3.8) is 0 Å². The zero-order valence-electron chi connectivity index (χ0n) is 15.2. The summed E-state index contributed by atoms with van der Waals surface area (Å²) in [6, 6.07) is 6.14. The van der Waals surface area contributed by atoms with Gasteiger partial charge in [-0.3, -0.25) is 5.10 Å². The number of hydrogen-bond acceptors (Lipinski definition) is 5. The van der Waals surface area contributed by atoms with Gasteiger partial charge in [0.25, 0.3) is 0 Å². The maximum Gasteiger partial charge on any atom is 0.161 e. The molecule has 0 unspecified atom stereocenters. The normalized spacial score (nSPS) is 11.5. The molecular weight excluding hydrogens is 340 g/mol. The molecule has 0 atom stereocenters. The van der Waals surface area contributed by atoms with Gasteiger partial charge in [0.05, 0.1) is 22.1 Å². The molecule has 0 bridgehead atoms. The third-order valence-corrected chi connectivity index (χ3v) is 4.74. The Kier molecular flexibility index (Phi) is 3.27. The van der Waals surface area contributed by atoms with Crippen LogP contribution in [0.25, 0.3) is 33.6 Å². The van der Waals surface area contributed by atoms with Crippen LogP contribution in [0.1, 0.15) is 17.0 Å². The number of aromatic amines is 3. The van der Waals surface area contributed by atoms with Crippen LogP contribution in [-0.2, 0) is 0 Å². The number of anilines is 2. The van der Waals surface area contributed by atoms with Gasteiger partial charge in [-0.1, -0.05) is 0 Å². The number of H-pyrrole nitrogens is 3. The average Bonchev–Trinajstić information content (AvgIpc) is 3.34. The zero-order valence-corrected chi connectivity index (χ0v) is 15.2. The van der Waals surface area contributed by atoms with Crippen molar-refractivity contribution in [2.45, 2.75) is 20.8 Å². The summed E-state index contributed by atoms with van der Waals surface area (Å²) in [4.78, 5) is 20.1. The first-order valence-electron chi connectivity index (χ1n) is 8.68. The number of rotatable bonds is 3. The Morgan fingerprint density at radius 1 is 1.00 bits per heavy atom. The number of aromatic nitrogens is 7. The highest BCUT2D eigenvalue weighted by molar-refractivity contribution is 5.91. The predicted molar refractivity (Wildman–Crippen MR) is 105 cm³/mol. The molecular formula is C19H18N8. The van der Waals surface area contributed by atoms with Crippen molar-refractivity contribution < 1.29 is 0 Å². The first kappa shape index (κ1) is 15.6. The van der Waals surface area contributed by atoms with E-state index in [1.165, 1.54) is 11.1 Å². The van der Waals surface area contributed by atoms with E-state index in [2.05, 4.69) is 61.4 Å². The summed E-state index contributed by atoms with van der Waals surface area (Å²) in [5, 5.41) is 11.6. The number of nitrogens with one attached hydrogen (secondary N) is 4. The van der Waals surface area contributed by atoms with Crippen LogP contribution >= 0.6 is 0 Å². The summed E-state index contributed by atoms with van der Waals surface area (Å²) in [5.41, 5.74) is 6.66. The van der Waals surface area contributed by atoms with Gasteiger partial charge < -0.3 is 15.3 Å². The van der Waals surface area contributed by atoms with Crippen LogP contribution in [0, 0.1) is 20.8 Å². The van der Waals surface area contributed by atoms with Crippen molar-refractivity contribution >= 4 is 33.6 Å². The Morgan fingerprint density at radius 3 is 2.74 bits per heavy atom. The van der Waals surface area contributed by atoms with E-state index in [0.717, 1.165) is 33.6 Å². The summed E-state index contributed by atoms with van der Waals surface area (Å²) in [7, 11) is 0. The molecule has 0 saturated carbocycles. The SMILES string of the molecule is Cc1nc(Nc2c[nH]nc2-c2nc3cc(C)c(C)cc3[nH]2)c2cc[nH]c2n1. The molecule has 0 saturated heterocycles. The zero-order chi connectivity index (χ0) is 18.5. The quantitative estimate of drug-likeness (QED) is 0.391. The van der Waals surface area contributed by atoms with Crippen LogP contribution in [0.3, 0.4) is 0 Å². The highest BCUT2D eigenvalue weighted by Gasteiger charge is 2.16. The Bertz CT molecular complexity index is 1250. The highest BCUT2D eigenvalue weighted by Crippen LogP contribution is 2.30. The van der Waals surface area contributed by atoms with E-state index < -0.39 is 0 Å². The van der Waals surface area contributed by atoms with Crippen molar-refractivity contribution in [1.82, 2.24) is 35.1 Å². The molecule has 0 aliphatic rings. The van der Waals surface area contributed by atoms with Gasteiger partial charge in [0, 0.05) is 12.4 Å². The number of hydrogen-bond donors (Lipinski definition) is 4. The van der Waals surface area contributed by atoms with Gasteiger partial charge in [-0.25, -0.2) is 15.0 Å². The molecule has 8 heteroatoms. The number of aryl methyl sites for hydroxylation is 3. The van der Waals surface area contributed by atoms with Crippen molar-refractivity contribution in [3.05, 3.63) is 47.5 Å². The minimum absolute atomic E-state index is 0.687. The minimum atomic E-state index is 0.687. The van der Waals surface area contributed by atoms with Gasteiger partial charge in [-0.05, 0) is 50.1 Å². The van der Waals surface area contributed by atoms with Gasteiger partial charge in [0.1, 0.15) is 17.3 Å². The Labute approximate surface area is 154 Å². The molecule has 0 radical (unpaired) electrons. The smallest absolute Gasteiger partial charge is 0.161 e. The summed E-state index contributed by atoms with van der Waals surface area (Å²) < 4.78 is 0. The summed E-state index contributed by atoms with van der Waals surface area (Å²) >= 11 is 0. The van der Waals surface area contributed by atoms with Gasteiger partial charge >= 0.3 is 0 Å². The van der Waals surface area contributed by atoms with E-state index >= 15 is 0 Å². The first-order chi connectivity index (χ1) is 13.1. The summed E-state index contributed by atoms with van der Waals surface area (Å²) in [6.45, 7) is 6.05. The van der Waals surface area contributed by atoms with Crippen LogP contribution in [0.4, 0.5) is 11.5 Å². The van der Waals surface area contributed by atoms with Crippen LogP contribution in [0.5, 0.6) is 0 Å². The molecule has 134 valence electrons. The van der Waals surface area contributed by atoms with E-state index in [-0.39, 0.29) is 0 Å². The molecule has 0 aliphatic carbocycles. The van der Waals surface area contributed by atoms with Crippen LogP contribution in [0.15, 0.2) is 30.6 Å². The number of fused-ring (bicyclic) bond motifs is 2. The second-order valence-electron chi connectivity index (χ2n) is 6.67.